The van der Waals surface area contributed by atoms with E-state index in [1.807, 2.05) is 66.9 Å². The van der Waals surface area contributed by atoms with Gasteiger partial charge >= 0.3 is 6.03 Å². The van der Waals surface area contributed by atoms with Gasteiger partial charge in [-0.15, -0.1) is 11.3 Å². The van der Waals surface area contributed by atoms with Crippen molar-refractivity contribution < 1.29 is 19.1 Å². The summed E-state index contributed by atoms with van der Waals surface area (Å²) in [5.74, 6) is 0.446. The summed E-state index contributed by atoms with van der Waals surface area (Å²) in [6.45, 7) is 3.85. The average molecular weight is 482 g/mol. The van der Waals surface area contributed by atoms with Gasteiger partial charge in [0.25, 0.3) is 0 Å². The molecule has 0 unspecified atom stereocenters. The van der Waals surface area contributed by atoms with Crippen molar-refractivity contribution in [1.29, 1.82) is 0 Å². The van der Waals surface area contributed by atoms with Crippen molar-refractivity contribution in [3.8, 4) is 5.75 Å². The largest absolute Gasteiger partial charge is 0.492 e. The fourth-order valence-electron chi connectivity index (χ4n) is 3.39. The molecule has 0 fully saturated rings. The van der Waals surface area contributed by atoms with Crippen molar-refractivity contribution in [2.24, 2.45) is 0 Å². The molecule has 34 heavy (non-hydrogen) atoms. The molecule has 7 nitrogen and oxygen atoms in total. The highest BCUT2D eigenvalue weighted by atomic mass is 32.1. The van der Waals surface area contributed by atoms with Crippen LogP contribution in [0.2, 0.25) is 0 Å². The van der Waals surface area contributed by atoms with Gasteiger partial charge in [-0.25, -0.2) is 4.79 Å². The Kier molecular flexibility index (Phi) is 9.94. The molecule has 0 aliphatic carbocycles. The van der Waals surface area contributed by atoms with Crippen LogP contribution in [-0.2, 0) is 22.6 Å². The van der Waals surface area contributed by atoms with Gasteiger partial charge < -0.3 is 24.6 Å². The van der Waals surface area contributed by atoms with Gasteiger partial charge in [-0.1, -0.05) is 48.5 Å². The van der Waals surface area contributed by atoms with Crippen LogP contribution in [0.15, 0.2) is 72.1 Å². The average Bonchev–Trinajstić information content (AvgIpc) is 3.36. The van der Waals surface area contributed by atoms with Crippen molar-refractivity contribution in [3.05, 3.63) is 82.6 Å². The number of amides is 3. The van der Waals surface area contributed by atoms with Gasteiger partial charge in [0.15, 0.2) is 0 Å². The van der Waals surface area contributed by atoms with E-state index in [0.29, 0.717) is 37.7 Å². The maximum atomic E-state index is 13.4. The number of anilines is 1. The van der Waals surface area contributed by atoms with Gasteiger partial charge in [0.05, 0.1) is 25.4 Å². The number of methoxy groups -OCH3 is 1. The Morgan fingerprint density at radius 3 is 2.41 bits per heavy atom. The zero-order chi connectivity index (χ0) is 24.2. The number of nitrogens with zero attached hydrogens (tertiary/aromatic N) is 2. The van der Waals surface area contributed by atoms with Crippen LogP contribution >= 0.6 is 11.3 Å². The molecular formula is C26H31N3O4S. The number of nitrogens with one attached hydrogen (secondary N) is 1. The number of carbonyl (C=O) groups excluding carboxylic acids is 2. The minimum absolute atomic E-state index is 0.0653. The van der Waals surface area contributed by atoms with Crippen molar-refractivity contribution in [2.45, 2.75) is 20.0 Å². The third-order valence-corrected chi connectivity index (χ3v) is 5.96. The summed E-state index contributed by atoms with van der Waals surface area (Å²) in [5, 5.41) is 4.88. The number of thiophene rings is 1. The molecule has 3 rings (SSSR count). The number of hydrogen-bond donors (Lipinski definition) is 1. The van der Waals surface area contributed by atoms with E-state index in [0.717, 1.165) is 10.4 Å². The zero-order valence-corrected chi connectivity index (χ0v) is 20.4. The first-order valence-corrected chi connectivity index (χ1v) is 12.1. The minimum atomic E-state index is -0.381. The molecule has 2 aromatic carbocycles. The lowest BCUT2D eigenvalue weighted by Gasteiger charge is -2.28. The molecule has 1 N–H and O–H groups in total. The zero-order valence-electron chi connectivity index (χ0n) is 19.6. The van der Waals surface area contributed by atoms with Crippen LogP contribution in [-0.4, -0.2) is 55.2 Å². The maximum absolute atomic E-state index is 13.4. The highest BCUT2D eigenvalue weighted by molar-refractivity contribution is 7.09. The van der Waals surface area contributed by atoms with Crippen molar-refractivity contribution in [1.82, 2.24) is 9.80 Å². The molecule has 0 saturated heterocycles. The second kappa shape index (κ2) is 13.4. The lowest BCUT2D eigenvalue weighted by molar-refractivity contribution is -0.133. The van der Waals surface area contributed by atoms with E-state index in [1.165, 1.54) is 4.90 Å². The topological polar surface area (TPSA) is 71.1 Å². The molecular weight excluding hydrogens is 450 g/mol. The number of ether oxygens (including phenoxy) is 2. The predicted molar refractivity (Wildman–Crippen MR) is 135 cm³/mol. The van der Waals surface area contributed by atoms with E-state index in [2.05, 4.69) is 5.32 Å². The van der Waals surface area contributed by atoms with E-state index in [-0.39, 0.29) is 25.0 Å². The normalized spacial score (nSPS) is 10.5. The Hall–Kier alpha value is -3.36. The van der Waals surface area contributed by atoms with Crippen molar-refractivity contribution in [2.75, 3.05) is 38.7 Å². The third-order valence-electron chi connectivity index (χ3n) is 5.10. The molecule has 0 saturated carbocycles. The van der Waals surface area contributed by atoms with Crippen molar-refractivity contribution in [3.63, 3.8) is 0 Å². The number of hydrogen-bond acceptors (Lipinski definition) is 5. The van der Waals surface area contributed by atoms with Crippen LogP contribution in [0.25, 0.3) is 0 Å². The first-order chi connectivity index (χ1) is 16.6. The molecule has 1 aromatic heterocycles. The van der Waals surface area contributed by atoms with Gasteiger partial charge in [0, 0.05) is 25.1 Å². The lowest BCUT2D eigenvalue weighted by Crippen LogP contribution is -2.45. The van der Waals surface area contributed by atoms with Gasteiger partial charge in [0.1, 0.15) is 12.3 Å². The number of carbonyl (C=O) groups is 2. The molecule has 0 spiro atoms. The predicted octanol–water partition coefficient (Wildman–Crippen LogP) is 4.86. The van der Waals surface area contributed by atoms with Gasteiger partial charge in [-0.2, -0.15) is 0 Å². The molecule has 1 heterocycles. The third kappa shape index (κ3) is 7.60. The number of benzene rings is 2. The van der Waals surface area contributed by atoms with Crippen LogP contribution in [0.4, 0.5) is 10.5 Å². The standard InChI is InChI=1S/C26H31N3O4S/c1-3-33-24-14-8-7-13-23(24)27-26(31)28(15-16-32-2)20-25(30)29(19-22-12-9-17-34-22)18-21-10-5-4-6-11-21/h4-14,17H,3,15-16,18-20H2,1-2H3,(H,27,31). The summed E-state index contributed by atoms with van der Waals surface area (Å²) in [5.41, 5.74) is 1.59. The molecule has 0 aliphatic rings. The number of rotatable bonds is 12. The second-order valence-electron chi connectivity index (χ2n) is 7.59. The van der Waals surface area contributed by atoms with Crippen LogP contribution in [0, 0.1) is 0 Å². The van der Waals surface area contributed by atoms with Crippen LogP contribution in [0.1, 0.15) is 17.4 Å². The summed E-state index contributed by atoms with van der Waals surface area (Å²) in [6, 6.07) is 20.7. The van der Waals surface area contributed by atoms with Crippen LogP contribution in [0.3, 0.4) is 0 Å². The van der Waals surface area contributed by atoms with Crippen LogP contribution < -0.4 is 10.1 Å². The fraction of sp³-hybridized carbons (Fsp3) is 0.308. The first kappa shape index (κ1) is 25.3. The smallest absolute Gasteiger partial charge is 0.322 e. The fourth-order valence-corrected chi connectivity index (χ4v) is 4.11. The molecule has 0 bridgehead atoms. The Balaban J connectivity index is 1.75. The van der Waals surface area contributed by atoms with Gasteiger partial charge in [0.2, 0.25) is 5.91 Å². The van der Waals surface area contributed by atoms with Gasteiger partial charge in [-0.3, -0.25) is 4.79 Å². The molecule has 180 valence electrons. The summed E-state index contributed by atoms with van der Waals surface area (Å²) in [7, 11) is 1.57. The maximum Gasteiger partial charge on any atom is 0.322 e. The highest BCUT2D eigenvalue weighted by Crippen LogP contribution is 2.24. The number of urea groups is 1. The molecule has 3 amide bonds. The summed E-state index contributed by atoms with van der Waals surface area (Å²) >= 11 is 1.61. The molecule has 8 heteroatoms. The first-order valence-electron chi connectivity index (χ1n) is 11.2. The van der Waals surface area contributed by atoms with E-state index in [9.17, 15) is 9.59 Å². The number of para-hydroxylation sites is 2. The van der Waals surface area contributed by atoms with Crippen molar-refractivity contribution >= 4 is 29.0 Å². The van der Waals surface area contributed by atoms with E-state index in [4.69, 9.17) is 9.47 Å². The molecule has 3 aromatic rings. The Bertz CT molecular complexity index is 1030. The molecule has 0 radical (unpaired) electrons. The monoisotopic (exact) mass is 481 g/mol. The summed E-state index contributed by atoms with van der Waals surface area (Å²) in [6.07, 6.45) is 0. The van der Waals surface area contributed by atoms with E-state index in [1.54, 1.807) is 35.5 Å². The summed E-state index contributed by atoms with van der Waals surface area (Å²) < 4.78 is 10.8. The minimum Gasteiger partial charge on any atom is -0.492 e. The van der Waals surface area contributed by atoms with E-state index >= 15 is 0 Å². The Morgan fingerprint density at radius 2 is 1.71 bits per heavy atom. The quantitative estimate of drug-likeness (QED) is 0.401. The molecule has 0 aliphatic heterocycles. The van der Waals surface area contributed by atoms with Crippen LogP contribution in [0.5, 0.6) is 5.75 Å². The lowest BCUT2D eigenvalue weighted by atomic mass is 10.2. The Labute approximate surface area is 204 Å². The van der Waals surface area contributed by atoms with Gasteiger partial charge in [-0.05, 0) is 36.1 Å². The highest BCUT2D eigenvalue weighted by Gasteiger charge is 2.23. The second-order valence-corrected chi connectivity index (χ2v) is 8.62. The van der Waals surface area contributed by atoms with E-state index < -0.39 is 0 Å². The molecule has 0 atom stereocenters. The Morgan fingerprint density at radius 1 is 0.941 bits per heavy atom. The SMILES string of the molecule is CCOc1ccccc1NC(=O)N(CCOC)CC(=O)N(Cc1ccccc1)Cc1cccs1. The summed E-state index contributed by atoms with van der Waals surface area (Å²) in [4.78, 5) is 30.9.